The summed E-state index contributed by atoms with van der Waals surface area (Å²) in [7, 11) is 1.59. The molecule has 0 saturated heterocycles. The Morgan fingerprint density at radius 3 is 2.93 bits per heavy atom. The minimum Gasteiger partial charge on any atom is -0.495 e. The molecule has 0 atom stereocenters. The van der Waals surface area contributed by atoms with Gasteiger partial charge in [-0.15, -0.1) is 0 Å². The molecule has 0 aliphatic carbocycles. The quantitative estimate of drug-likeness (QED) is 0.675. The molecule has 0 aliphatic heterocycles. The highest BCUT2D eigenvalue weighted by Gasteiger charge is 1.98. The summed E-state index contributed by atoms with van der Waals surface area (Å²) < 4.78 is 5.04. The number of benzene rings is 1. The van der Waals surface area contributed by atoms with Crippen molar-refractivity contribution in [3.8, 4) is 5.75 Å². The summed E-state index contributed by atoms with van der Waals surface area (Å²) in [4.78, 5) is 14.7. The van der Waals surface area contributed by atoms with Crippen molar-refractivity contribution in [3.05, 3.63) is 36.0 Å². The van der Waals surface area contributed by atoms with Crippen LogP contribution in [0.25, 0.3) is 10.9 Å². The van der Waals surface area contributed by atoms with Crippen molar-refractivity contribution in [3.63, 3.8) is 0 Å². The van der Waals surface area contributed by atoms with Crippen molar-refractivity contribution >= 4 is 17.2 Å². The van der Waals surface area contributed by atoms with Gasteiger partial charge in [-0.2, -0.15) is 0 Å². The zero-order valence-electron chi connectivity index (χ0n) is 7.73. The molecule has 0 unspecified atom stereocenters. The smallest absolute Gasteiger partial charge is 0.150 e. The van der Waals surface area contributed by atoms with E-state index in [2.05, 4.69) is 4.98 Å². The van der Waals surface area contributed by atoms with Crippen molar-refractivity contribution in [2.75, 3.05) is 7.11 Å². The third-order valence-electron chi connectivity index (χ3n) is 2.05. The van der Waals surface area contributed by atoms with Crippen molar-refractivity contribution in [2.24, 2.45) is 0 Å². The number of hydrogen-bond donors (Lipinski definition) is 0. The maximum absolute atomic E-state index is 10.6. The number of fused-ring (bicyclic) bond motifs is 1. The Labute approximate surface area is 81.3 Å². The van der Waals surface area contributed by atoms with E-state index in [9.17, 15) is 4.79 Å². The third kappa shape index (κ3) is 1.44. The molecule has 3 heteroatoms. The van der Waals surface area contributed by atoms with E-state index in [4.69, 9.17) is 4.74 Å². The molecule has 2 rings (SSSR count). The van der Waals surface area contributed by atoms with Gasteiger partial charge < -0.3 is 4.74 Å². The Morgan fingerprint density at radius 1 is 1.36 bits per heavy atom. The van der Waals surface area contributed by atoms with E-state index in [1.54, 1.807) is 25.4 Å². The standard InChI is InChI=1S/C11H9NO2/c1-14-10-5-9-4-8(7-13)2-3-11(9)12-6-10/h2-7H,1H3. The zero-order valence-corrected chi connectivity index (χ0v) is 7.73. The van der Waals surface area contributed by atoms with Gasteiger partial charge in [0.15, 0.2) is 0 Å². The van der Waals surface area contributed by atoms with E-state index in [1.807, 2.05) is 12.1 Å². The topological polar surface area (TPSA) is 39.2 Å². The largest absolute Gasteiger partial charge is 0.495 e. The SMILES string of the molecule is COc1cnc2ccc(C=O)cc2c1. The monoisotopic (exact) mass is 187 g/mol. The van der Waals surface area contributed by atoms with Crippen LogP contribution >= 0.6 is 0 Å². The van der Waals surface area contributed by atoms with Crippen molar-refractivity contribution < 1.29 is 9.53 Å². The normalized spacial score (nSPS) is 10.1. The minimum absolute atomic E-state index is 0.646. The molecular weight excluding hydrogens is 178 g/mol. The molecule has 0 amide bonds. The van der Waals surface area contributed by atoms with Gasteiger partial charge in [0.1, 0.15) is 12.0 Å². The highest BCUT2D eigenvalue weighted by atomic mass is 16.5. The molecule has 1 aromatic carbocycles. The van der Waals surface area contributed by atoms with Gasteiger partial charge in [0.05, 0.1) is 18.8 Å². The van der Waals surface area contributed by atoms with Gasteiger partial charge in [-0.3, -0.25) is 9.78 Å². The highest BCUT2D eigenvalue weighted by molar-refractivity contribution is 5.87. The van der Waals surface area contributed by atoms with Crippen molar-refractivity contribution in [2.45, 2.75) is 0 Å². The number of ether oxygens (including phenoxy) is 1. The van der Waals surface area contributed by atoms with Crippen LogP contribution in [0.1, 0.15) is 10.4 Å². The zero-order chi connectivity index (χ0) is 9.97. The molecule has 0 N–H and O–H groups in total. The van der Waals surface area contributed by atoms with Crippen LogP contribution in [0.2, 0.25) is 0 Å². The molecule has 1 heterocycles. The molecule has 14 heavy (non-hydrogen) atoms. The van der Waals surface area contributed by atoms with Gasteiger partial charge in [0, 0.05) is 10.9 Å². The van der Waals surface area contributed by atoms with E-state index in [0.717, 1.165) is 17.2 Å². The van der Waals surface area contributed by atoms with E-state index in [1.165, 1.54) is 0 Å². The Morgan fingerprint density at radius 2 is 2.21 bits per heavy atom. The number of carbonyl (C=O) groups excluding carboxylic acids is 1. The minimum atomic E-state index is 0.646. The van der Waals surface area contributed by atoms with Gasteiger partial charge in [-0.1, -0.05) is 0 Å². The number of aromatic nitrogens is 1. The summed E-state index contributed by atoms with van der Waals surface area (Å²) in [6.45, 7) is 0. The summed E-state index contributed by atoms with van der Waals surface area (Å²) in [5.74, 6) is 0.695. The molecule has 0 bridgehead atoms. The predicted molar refractivity (Wildman–Crippen MR) is 53.7 cm³/mol. The number of nitrogens with zero attached hydrogens (tertiary/aromatic N) is 1. The van der Waals surface area contributed by atoms with Gasteiger partial charge in [-0.05, 0) is 24.3 Å². The van der Waals surface area contributed by atoms with Gasteiger partial charge in [-0.25, -0.2) is 0 Å². The molecule has 1 aromatic heterocycles. The van der Waals surface area contributed by atoms with Crippen LogP contribution in [0.5, 0.6) is 5.75 Å². The van der Waals surface area contributed by atoms with E-state index >= 15 is 0 Å². The second-order valence-corrected chi connectivity index (χ2v) is 2.95. The Hall–Kier alpha value is -1.90. The first-order valence-electron chi connectivity index (χ1n) is 4.22. The maximum Gasteiger partial charge on any atom is 0.150 e. The molecule has 0 aliphatic rings. The van der Waals surface area contributed by atoms with Crippen LogP contribution in [0.15, 0.2) is 30.5 Å². The van der Waals surface area contributed by atoms with Crippen LogP contribution in [-0.2, 0) is 0 Å². The maximum atomic E-state index is 10.6. The molecular formula is C11H9NO2. The predicted octanol–water partition coefficient (Wildman–Crippen LogP) is 2.06. The molecule has 0 saturated carbocycles. The van der Waals surface area contributed by atoms with Crippen LogP contribution in [0, 0.1) is 0 Å². The third-order valence-corrected chi connectivity index (χ3v) is 2.05. The highest BCUT2D eigenvalue weighted by Crippen LogP contribution is 2.18. The first-order chi connectivity index (χ1) is 6.83. The number of rotatable bonds is 2. The molecule has 0 fully saturated rings. The summed E-state index contributed by atoms with van der Waals surface area (Å²) in [6.07, 6.45) is 2.47. The number of carbonyl (C=O) groups is 1. The fourth-order valence-corrected chi connectivity index (χ4v) is 1.31. The van der Waals surface area contributed by atoms with Crippen LogP contribution in [0.3, 0.4) is 0 Å². The van der Waals surface area contributed by atoms with E-state index < -0.39 is 0 Å². The fraction of sp³-hybridized carbons (Fsp3) is 0.0909. The average Bonchev–Trinajstić information content (AvgIpc) is 2.27. The summed E-state index contributed by atoms with van der Waals surface area (Å²) in [5, 5.41) is 0.911. The van der Waals surface area contributed by atoms with Gasteiger partial charge in [0.2, 0.25) is 0 Å². The van der Waals surface area contributed by atoms with Crippen LogP contribution < -0.4 is 4.74 Å². The Bertz CT molecular complexity index is 480. The number of hydrogen-bond acceptors (Lipinski definition) is 3. The molecule has 2 aromatic rings. The number of methoxy groups -OCH3 is 1. The summed E-state index contributed by atoms with van der Waals surface area (Å²) in [6, 6.07) is 7.21. The lowest BCUT2D eigenvalue weighted by atomic mass is 10.1. The number of aldehydes is 1. The molecule has 70 valence electrons. The molecule has 0 radical (unpaired) electrons. The fourth-order valence-electron chi connectivity index (χ4n) is 1.31. The lowest BCUT2D eigenvalue weighted by Crippen LogP contribution is -1.86. The van der Waals surface area contributed by atoms with E-state index in [-0.39, 0.29) is 0 Å². The Kier molecular flexibility index (Phi) is 2.14. The lowest BCUT2D eigenvalue weighted by Gasteiger charge is -2.01. The Balaban J connectivity index is 2.65. The first kappa shape index (κ1) is 8.69. The number of pyridine rings is 1. The second-order valence-electron chi connectivity index (χ2n) is 2.95. The summed E-state index contributed by atoms with van der Waals surface area (Å²) in [5.41, 5.74) is 1.50. The molecule has 0 spiro atoms. The average molecular weight is 187 g/mol. The van der Waals surface area contributed by atoms with Crippen molar-refractivity contribution in [1.29, 1.82) is 0 Å². The lowest BCUT2D eigenvalue weighted by molar-refractivity contribution is 0.112. The van der Waals surface area contributed by atoms with Gasteiger partial charge in [0.25, 0.3) is 0 Å². The molecule has 3 nitrogen and oxygen atoms in total. The van der Waals surface area contributed by atoms with Gasteiger partial charge >= 0.3 is 0 Å². The second kappa shape index (κ2) is 3.46. The van der Waals surface area contributed by atoms with E-state index in [0.29, 0.717) is 11.3 Å². The van der Waals surface area contributed by atoms with Crippen LogP contribution in [0.4, 0.5) is 0 Å². The van der Waals surface area contributed by atoms with Crippen molar-refractivity contribution in [1.82, 2.24) is 4.98 Å². The first-order valence-corrected chi connectivity index (χ1v) is 4.22. The van der Waals surface area contributed by atoms with Crippen LogP contribution in [-0.4, -0.2) is 18.4 Å². The summed E-state index contributed by atoms with van der Waals surface area (Å²) >= 11 is 0.